The minimum absolute atomic E-state index is 0. The van der Waals surface area contributed by atoms with Crippen LogP contribution in [0.2, 0.25) is 0 Å². The molecule has 2 aromatic rings. The van der Waals surface area contributed by atoms with Crippen molar-refractivity contribution in [3.8, 4) is 0 Å². The molecule has 3 rings (SSSR count). The summed E-state index contributed by atoms with van der Waals surface area (Å²) in [5.41, 5.74) is 8.61. The van der Waals surface area contributed by atoms with E-state index in [-0.39, 0.29) is 48.7 Å². The van der Waals surface area contributed by atoms with E-state index in [0.29, 0.717) is 6.04 Å². The van der Waals surface area contributed by atoms with Crippen molar-refractivity contribution in [2.24, 2.45) is 11.7 Å². The number of hydrogen-bond acceptors (Lipinski definition) is 3. The number of benzene rings is 2. The van der Waals surface area contributed by atoms with Crippen molar-refractivity contribution in [1.29, 1.82) is 0 Å². The Balaban J connectivity index is 0.00000196. The van der Waals surface area contributed by atoms with Crippen molar-refractivity contribution in [1.82, 2.24) is 10.2 Å². The van der Waals surface area contributed by atoms with Gasteiger partial charge in [-0.15, -0.1) is 24.8 Å². The van der Waals surface area contributed by atoms with Crippen molar-refractivity contribution in [2.45, 2.75) is 44.9 Å². The molecule has 1 fully saturated rings. The molecule has 0 spiro atoms. The standard InChI is InChI=1S/C22H29N3O.2ClH/c1-16-13-20(15-25(16)14-18-9-5-3-6-10-18)24-22(26)17(2)21(23)19-11-7-4-8-12-19;;/h3-12,16-17,20-21H,13-15,23H2,1-2H3,(H,24,26);2*1H. The molecule has 1 aliphatic rings. The minimum atomic E-state index is -0.282. The lowest BCUT2D eigenvalue weighted by molar-refractivity contribution is -0.125. The highest BCUT2D eigenvalue weighted by atomic mass is 35.5. The van der Waals surface area contributed by atoms with Crippen LogP contribution < -0.4 is 11.1 Å². The average Bonchev–Trinajstić information content (AvgIpc) is 3.00. The first-order chi connectivity index (χ1) is 12.5. The van der Waals surface area contributed by atoms with E-state index in [1.165, 1.54) is 5.56 Å². The topological polar surface area (TPSA) is 58.4 Å². The van der Waals surface area contributed by atoms with E-state index in [0.717, 1.165) is 25.1 Å². The smallest absolute Gasteiger partial charge is 0.225 e. The third-order valence-corrected chi connectivity index (χ3v) is 5.42. The first kappa shape index (κ1) is 24.4. The number of hydrogen-bond donors (Lipinski definition) is 2. The van der Waals surface area contributed by atoms with Crippen LogP contribution in [0.4, 0.5) is 0 Å². The molecule has 1 heterocycles. The monoisotopic (exact) mass is 423 g/mol. The average molecular weight is 424 g/mol. The Morgan fingerprint density at radius 1 is 1.11 bits per heavy atom. The van der Waals surface area contributed by atoms with Gasteiger partial charge in [-0.1, -0.05) is 67.6 Å². The summed E-state index contributed by atoms with van der Waals surface area (Å²) in [7, 11) is 0. The van der Waals surface area contributed by atoms with Gasteiger partial charge in [0.2, 0.25) is 5.91 Å². The van der Waals surface area contributed by atoms with E-state index in [4.69, 9.17) is 5.73 Å². The van der Waals surface area contributed by atoms with Crippen molar-refractivity contribution >= 4 is 30.7 Å². The van der Waals surface area contributed by atoms with Gasteiger partial charge in [0.25, 0.3) is 0 Å². The number of likely N-dealkylation sites (tertiary alicyclic amines) is 1. The molecule has 0 bridgehead atoms. The number of amides is 1. The fourth-order valence-electron chi connectivity index (χ4n) is 3.70. The molecule has 4 unspecified atom stereocenters. The Kier molecular flexibility index (Phi) is 9.97. The molecule has 1 amide bonds. The summed E-state index contributed by atoms with van der Waals surface area (Å²) >= 11 is 0. The van der Waals surface area contributed by atoms with E-state index in [9.17, 15) is 4.79 Å². The fourth-order valence-corrected chi connectivity index (χ4v) is 3.70. The Labute approximate surface area is 180 Å². The Bertz CT molecular complexity index is 714. The molecule has 1 aliphatic heterocycles. The summed E-state index contributed by atoms with van der Waals surface area (Å²) in [6.07, 6.45) is 0.978. The van der Waals surface area contributed by atoms with E-state index in [2.05, 4.69) is 41.4 Å². The molecule has 0 aromatic heterocycles. The van der Waals surface area contributed by atoms with Crippen molar-refractivity contribution in [3.63, 3.8) is 0 Å². The van der Waals surface area contributed by atoms with Crippen LogP contribution >= 0.6 is 24.8 Å². The highest BCUT2D eigenvalue weighted by Gasteiger charge is 2.32. The molecule has 0 aliphatic carbocycles. The maximum Gasteiger partial charge on any atom is 0.225 e. The summed E-state index contributed by atoms with van der Waals surface area (Å²) in [6, 6.07) is 20.7. The van der Waals surface area contributed by atoms with Crippen LogP contribution in [0, 0.1) is 5.92 Å². The molecular weight excluding hydrogens is 393 g/mol. The molecule has 4 nitrogen and oxygen atoms in total. The first-order valence-electron chi connectivity index (χ1n) is 9.43. The zero-order valence-electron chi connectivity index (χ0n) is 16.5. The lowest BCUT2D eigenvalue weighted by Gasteiger charge is -2.23. The van der Waals surface area contributed by atoms with Crippen molar-refractivity contribution in [2.75, 3.05) is 6.54 Å². The summed E-state index contributed by atoms with van der Waals surface area (Å²) in [6.45, 7) is 5.95. The summed E-state index contributed by atoms with van der Waals surface area (Å²) in [4.78, 5) is 15.1. The van der Waals surface area contributed by atoms with E-state index >= 15 is 0 Å². The molecule has 0 radical (unpaired) electrons. The number of halogens is 2. The van der Waals surface area contributed by atoms with Crippen LogP contribution in [0.3, 0.4) is 0 Å². The van der Waals surface area contributed by atoms with Crippen molar-refractivity contribution in [3.05, 3.63) is 71.8 Å². The van der Waals surface area contributed by atoms with Crippen LogP contribution in [0.5, 0.6) is 0 Å². The first-order valence-corrected chi connectivity index (χ1v) is 9.43. The van der Waals surface area contributed by atoms with Gasteiger partial charge in [-0.25, -0.2) is 0 Å². The zero-order chi connectivity index (χ0) is 18.5. The highest BCUT2D eigenvalue weighted by Crippen LogP contribution is 2.23. The summed E-state index contributed by atoms with van der Waals surface area (Å²) in [5, 5.41) is 3.21. The van der Waals surface area contributed by atoms with E-state index < -0.39 is 0 Å². The Hall–Kier alpha value is -1.59. The zero-order valence-corrected chi connectivity index (χ0v) is 18.1. The molecule has 0 saturated carbocycles. The number of carbonyl (C=O) groups is 1. The van der Waals surface area contributed by atoms with Gasteiger partial charge in [0.05, 0.1) is 5.92 Å². The van der Waals surface area contributed by atoms with Gasteiger partial charge in [-0.2, -0.15) is 0 Å². The molecule has 6 heteroatoms. The van der Waals surface area contributed by atoms with Gasteiger partial charge in [0.15, 0.2) is 0 Å². The predicted octanol–water partition coefficient (Wildman–Crippen LogP) is 3.95. The van der Waals surface area contributed by atoms with Gasteiger partial charge in [0, 0.05) is 31.2 Å². The maximum absolute atomic E-state index is 12.7. The number of nitrogens with one attached hydrogen (secondary N) is 1. The van der Waals surface area contributed by atoms with Gasteiger partial charge >= 0.3 is 0 Å². The van der Waals surface area contributed by atoms with Crippen LogP contribution in [-0.4, -0.2) is 29.4 Å². The maximum atomic E-state index is 12.7. The lowest BCUT2D eigenvalue weighted by Crippen LogP contribution is -2.42. The number of nitrogens with zero attached hydrogens (tertiary/aromatic N) is 1. The largest absolute Gasteiger partial charge is 0.352 e. The molecule has 3 N–H and O–H groups in total. The van der Waals surface area contributed by atoms with E-state index in [1.54, 1.807) is 0 Å². The second-order valence-electron chi connectivity index (χ2n) is 7.43. The van der Waals surface area contributed by atoms with Crippen LogP contribution in [0.15, 0.2) is 60.7 Å². The molecule has 1 saturated heterocycles. The normalized spacial score (nSPS) is 21.1. The molecule has 4 atom stereocenters. The quantitative estimate of drug-likeness (QED) is 0.739. The Morgan fingerprint density at radius 3 is 2.29 bits per heavy atom. The molecule has 154 valence electrons. The van der Waals surface area contributed by atoms with Crippen LogP contribution in [0.1, 0.15) is 37.4 Å². The van der Waals surface area contributed by atoms with Gasteiger partial charge < -0.3 is 11.1 Å². The molecular formula is C22H31Cl2N3O. The van der Waals surface area contributed by atoms with Gasteiger partial charge in [-0.3, -0.25) is 9.69 Å². The molecule has 28 heavy (non-hydrogen) atoms. The second-order valence-corrected chi connectivity index (χ2v) is 7.43. The summed E-state index contributed by atoms with van der Waals surface area (Å²) in [5.74, 6) is -0.212. The summed E-state index contributed by atoms with van der Waals surface area (Å²) < 4.78 is 0. The van der Waals surface area contributed by atoms with Gasteiger partial charge in [-0.05, 0) is 24.5 Å². The SMILES string of the molecule is CC(C(=O)NC1CC(C)N(Cc2ccccc2)C1)C(N)c1ccccc1.Cl.Cl. The third-order valence-electron chi connectivity index (χ3n) is 5.42. The number of nitrogens with two attached hydrogens (primary N) is 1. The third kappa shape index (κ3) is 6.21. The lowest BCUT2D eigenvalue weighted by atomic mass is 9.94. The van der Waals surface area contributed by atoms with Crippen molar-refractivity contribution < 1.29 is 4.79 Å². The minimum Gasteiger partial charge on any atom is -0.352 e. The number of rotatable bonds is 6. The van der Waals surface area contributed by atoms with Crippen LogP contribution in [0.25, 0.3) is 0 Å². The van der Waals surface area contributed by atoms with Gasteiger partial charge in [0.1, 0.15) is 0 Å². The highest BCUT2D eigenvalue weighted by molar-refractivity contribution is 5.85. The predicted molar refractivity (Wildman–Crippen MR) is 120 cm³/mol. The second kappa shape index (κ2) is 11.4. The Morgan fingerprint density at radius 2 is 1.68 bits per heavy atom. The number of carbonyl (C=O) groups excluding carboxylic acids is 1. The van der Waals surface area contributed by atoms with E-state index in [1.807, 2.05) is 43.3 Å². The molecule has 2 aromatic carbocycles. The fraction of sp³-hybridized carbons (Fsp3) is 0.409. The van der Waals surface area contributed by atoms with Crippen LogP contribution in [-0.2, 0) is 11.3 Å².